The summed E-state index contributed by atoms with van der Waals surface area (Å²) in [5, 5.41) is 5.90. The zero-order chi connectivity index (χ0) is 13.2. The van der Waals surface area contributed by atoms with Crippen LogP contribution in [0.1, 0.15) is 25.3 Å². The molecule has 1 aromatic carbocycles. The van der Waals surface area contributed by atoms with Crippen molar-refractivity contribution in [3.8, 4) is 0 Å². The smallest absolute Gasteiger partial charge is 0.231 e. The van der Waals surface area contributed by atoms with Crippen molar-refractivity contribution in [3.63, 3.8) is 0 Å². The lowest BCUT2D eigenvalue weighted by atomic mass is 9.82. The maximum absolute atomic E-state index is 13.7. The van der Waals surface area contributed by atoms with Crippen molar-refractivity contribution in [3.05, 3.63) is 29.6 Å². The van der Waals surface area contributed by atoms with Gasteiger partial charge in [-0.25, -0.2) is 4.39 Å². The van der Waals surface area contributed by atoms with Crippen LogP contribution in [-0.4, -0.2) is 19.0 Å². The van der Waals surface area contributed by atoms with Gasteiger partial charge in [-0.05, 0) is 50.9 Å². The van der Waals surface area contributed by atoms with E-state index in [1.54, 1.807) is 12.1 Å². The van der Waals surface area contributed by atoms with Gasteiger partial charge in [-0.3, -0.25) is 4.79 Å². The van der Waals surface area contributed by atoms with Crippen molar-refractivity contribution >= 4 is 24.0 Å². The molecule has 2 N–H and O–H groups in total. The normalized spacial score (nSPS) is 22.5. The first-order chi connectivity index (χ1) is 8.51. The number of carbonyl (C=O) groups is 1. The number of halogens is 2. The van der Waals surface area contributed by atoms with Gasteiger partial charge in [0, 0.05) is 6.54 Å². The molecule has 0 bridgehead atoms. The summed E-state index contributed by atoms with van der Waals surface area (Å²) >= 11 is 0. The van der Waals surface area contributed by atoms with Gasteiger partial charge in [-0.2, -0.15) is 0 Å². The summed E-state index contributed by atoms with van der Waals surface area (Å²) in [6.07, 6.45) is 1.81. The van der Waals surface area contributed by atoms with Crippen molar-refractivity contribution in [1.82, 2.24) is 5.32 Å². The standard InChI is InChI=1S/C14H19FN2O.ClH/c1-10-4-5-12(11(15)8-10)17-13(18)14(2)6-3-7-16-9-14;/h4-5,8,16H,3,6-7,9H2,1-2H3,(H,17,18);1H. The van der Waals surface area contributed by atoms with Crippen LogP contribution in [0.15, 0.2) is 18.2 Å². The summed E-state index contributed by atoms with van der Waals surface area (Å²) in [6, 6.07) is 4.83. The summed E-state index contributed by atoms with van der Waals surface area (Å²) in [5.74, 6) is -0.492. The number of benzene rings is 1. The molecule has 1 amide bonds. The van der Waals surface area contributed by atoms with Gasteiger partial charge < -0.3 is 10.6 Å². The number of anilines is 1. The van der Waals surface area contributed by atoms with E-state index in [2.05, 4.69) is 10.6 Å². The Hall–Kier alpha value is -1.13. The highest BCUT2D eigenvalue weighted by molar-refractivity contribution is 5.95. The molecule has 0 aliphatic carbocycles. The molecule has 1 atom stereocenters. The van der Waals surface area contributed by atoms with Gasteiger partial charge in [0.1, 0.15) is 5.82 Å². The second-order valence-electron chi connectivity index (χ2n) is 5.28. The summed E-state index contributed by atoms with van der Waals surface area (Å²) in [5.41, 5.74) is 0.656. The van der Waals surface area contributed by atoms with Gasteiger partial charge in [0.15, 0.2) is 0 Å². The minimum Gasteiger partial charge on any atom is -0.323 e. The van der Waals surface area contributed by atoms with Crippen LogP contribution in [-0.2, 0) is 4.79 Å². The largest absolute Gasteiger partial charge is 0.323 e. The maximum Gasteiger partial charge on any atom is 0.231 e. The number of hydrogen-bond donors (Lipinski definition) is 2. The molecule has 1 fully saturated rings. The minimum absolute atomic E-state index is 0. The van der Waals surface area contributed by atoms with E-state index in [1.165, 1.54) is 6.07 Å². The average Bonchev–Trinajstić information content (AvgIpc) is 2.33. The van der Waals surface area contributed by atoms with Crippen LogP contribution in [0, 0.1) is 18.2 Å². The Labute approximate surface area is 119 Å². The Morgan fingerprint density at radius 1 is 1.47 bits per heavy atom. The molecular weight excluding hydrogens is 267 g/mol. The second-order valence-corrected chi connectivity index (χ2v) is 5.28. The average molecular weight is 287 g/mol. The molecule has 0 aromatic heterocycles. The zero-order valence-electron chi connectivity index (χ0n) is 11.3. The number of piperidine rings is 1. The molecule has 1 aromatic rings. The fraction of sp³-hybridized carbons (Fsp3) is 0.500. The Morgan fingerprint density at radius 2 is 2.21 bits per heavy atom. The summed E-state index contributed by atoms with van der Waals surface area (Å²) in [7, 11) is 0. The number of amides is 1. The fourth-order valence-electron chi connectivity index (χ4n) is 2.24. The second kappa shape index (κ2) is 6.35. The van der Waals surface area contributed by atoms with Crippen LogP contribution in [0.4, 0.5) is 10.1 Å². The maximum atomic E-state index is 13.7. The molecule has 2 rings (SSSR count). The van der Waals surface area contributed by atoms with E-state index in [0.29, 0.717) is 6.54 Å². The van der Waals surface area contributed by atoms with E-state index in [4.69, 9.17) is 0 Å². The Kier molecular flexibility index (Phi) is 5.32. The highest BCUT2D eigenvalue weighted by atomic mass is 35.5. The molecule has 1 aliphatic rings. The summed E-state index contributed by atoms with van der Waals surface area (Å²) in [4.78, 5) is 12.2. The summed E-state index contributed by atoms with van der Waals surface area (Å²) in [6.45, 7) is 5.33. The molecular formula is C14H20ClFN2O. The zero-order valence-corrected chi connectivity index (χ0v) is 12.1. The molecule has 1 aliphatic heterocycles. The van der Waals surface area contributed by atoms with Crippen LogP contribution < -0.4 is 10.6 Å². The third-order valence-corrected chi connectivity index (χ3v) is 3.52. The van der Waals surface area contributed by atoms with Crippen LogP contribution in [0.2, 0.25) is 0 Å². The van der Waals surface area contributed by atoms with Crippen molar-refractivity contribution in [2.45, 2.75) is 26.7 Å². The quantitative estimate of drug-likeness (QED) is 0.878. The number of carbonyl (C=O) groups excluding carboxylic acids is 1. The van der Waals surface area contributed by atoms with Gasteiger partial charge in [-0.1, -0.05) is 6.07 Å². The van der Waals surface area contributed by atoms with Gasteiger partial charge in [0.25, 0.3) is 0 Å². The molecule has 0 radical (unpaired) electrons. The first kappa shape index (κ1) is 15.9. The van der Waals surface area contributed by atoms with Crippen molar-refractivity contribution in [2.75, 3.05) is 18.4 Å². The molecule has 0 spiro atoms. The molecule has 1 heterocycles. The van der Waals surface area contributed by atoms with E-state index >= 15 is 0 Å². The predicted octanol–water partition coefficient (Wildman–Crippen LogP) is 2.88. The number of nitrogens with one attached hydrogen (secondary N) is 2. The van der Waals surface area contributed by atoms with Gasteiger partial charge in [0.05, 0.1) is 11.1 Å². The monoisotopic (exact) mass is 286 g/mol. The van der Waals surface area contributed by atoms with Crippen LogP contribution in [0.5, 0.6) is 0 Å². The predicted molar refractivity (Wildman–Crippen MR) is 77.2 cm³/mol. The molecule has 1 saturated heterocycles. The van der Waals surface area contributed by atoms with Crippen LogP contribution >= 0.6 is 12.4 Å². The fourth-order valence-corrected chi connectivity index (χ4v) is 2.24. The molecule has 5 heteroatoms. The van der Waals surface area contributed by atoms with Gasteiger partial charge in [-0.15, -0.1) is 12.4 Å². The minimum atomic E-state index is -0.449. The number of rotatable bonds is 2. The van der Waals surface area contributed by atoms with Gasteiger partial charge in [0.2, 0.25) is 5.91 Å². The first-order valence-electron chi connectivity index (χ1n) is 6.30. The van der Waals surface area contributed by atoms with Crippen molar-refractivity contribution < 1.29 is 9.18 Å². The Bertz CT molecular complexity index is 459. The van der Waals surface area contributed by atoms with E-state index in [9.17, 15) is 9.18 Å². The topological polar surface area (TPSA) is 41.1 Å². The van der Waals surface area contributed by atoms with Crippen molar-refractivity contribution in [2.24, 2.45) is 5.41 Å². The van der Waals surface area contributed by atoms with Gasteiger partial charge >= 0.3 is 0 Å². The van der Waals surface area contributed by atoms with E-state index in [-0.39, 0.29) is 29.8 Å². The number of aryl methyl sites for hydroxylation is 1. The highest BCUT2D eigenvalue weighted by Gasteiger charge is 2.34. The lowest BCUT2D eigenvalue weighted by Crippen LogP contribution is -2.46. The molecule has 1 unspecified atom stereocenters. The SMILES string of the molecule is Cc1ccc(NC(=O)C2(C)CCCNC2)c(F)c1.Cl. The first-order valence-corrected chi connectivity index (χ1v) is 6.30. The summed E-state index contributed by atoms with van der Waals surface area (Å²) < 4.78 is 13.7. The van der Waals surface area contributed by atoms with Crippen molar-refractivity contribution in [1.29, 1.82) is 0 Å². The molecule has 3 nitrogen and oxygen atoms in total. The highest BCUT2D eigenvalue weighted by Crippen LogP contribution is 2.27. The molecule has 0 saturated carbocycles. The third-order valence-electron chi connectivity index (χ3n) is 3.52. The lowest BCUT2D eigenvalue weighted by molar-refractivity contribution is -0.125. The molecule has 106 valence electrons. The Balaban J connectivity index is 0.00000180. The Morgan fingerprint density at radius 3 is 2.79 bits per heavy atom. The van der Waals surface area contributed by atoms with E-state index in [0.717, 1.165) is 24.9 Å². The lowest BCUT2D eigenvalue weighted by Gasteiger charge is -2.32. The van der Waals surface area contributed by atoms with Crippen LogP contribution in [0.25, 0.3) is 0 Å². The van der Waals surface area contributed by atoms with E-state index < -0.39 is 5.41 Å². The number of hydrogen-bond acceptors (Lipinski definition) is 2. The third kappa shape index (κ3) is 3.67. The van der Waals surface area contributed by atoms with E-state index in [1.807, 2.05) is 13.8 Å². The van der Waals surface area contributed by atoms with Crippen LogP contribution in [0.3, 0.4) is 0 Å². The molecule has 19 heavy (non-hydrogen) atoms.